The van der Waals surface area contributed by atoms with E-state index in [0.717, 1.165) is 17.0 Å². The first-order valence-corrected chi connectivity index (χ1v) is 8.76. The second kappa shape index (κ2) is 7.99. The first-order valence-electron chi connectivity index (χ1n) is 8.76. The standard InChI is InChI=1S/C20H23N5O2/c1-13-11-14(2)25(24-13)15(3)12-23-19(26)17-7-5-16(6-8-17)18-20(27-4)22-10-9-21-18/h5-11,15H,12H2,1-4H3,(H,23,26). The van der Waals surface area contributed by atoms with E-state index in [-0.39, 0.29) is 11.9 Å². The van der Waals surface area contributed by atoms with E-state index in [2.05, 4.69) is 20.4 Å². The zero-order chi connectivity index (χ0) is 19.4. The van der Waals surface area contributed by atoms with Crippen molar-refractivity contribution in [2.45, 2.75) is 26.8 Å². The summed E-state index contributed by atoms with van der Waals surface area (Å²) in [5.74, 6) is 0.328. The number of hydrogen-bond donors (Lipinski definition) is 1. The number of hydrogen-bond acceptors (Lipinski definition) is 5. The van der Waals surface area contributed by atoms with Crippen LogP contribution in [0.25, 0.3) is 11.3 Å². The molecule has 0 fully saturated rings. The van der Waals surface area contributed by atoms with Crippen LogP contribution in [0.5, 0.6) is 5.88 Å². The van der Waals surface area contributed by atoms with Gasteiger partial charge < -0.3 is 10.1 Å². The number of amides is 1. The van der Waals surface area contributed by atoms with Crippen molar-refractivity contribution >= 4 is 5.91 Å². The average molecular weight is 365 g/mol. The third-order valence-electron chi connectivity index (χ3n) is 4.30. The van der Waals surface area contributed by atoms with Gasteiger partial charge in [0.25, 0.3) is 5.91 Å². The fraction of sp³-hybridized carbons (Fsp3) is 0.300. The van der Waals surface area contributed by atoms with Crippen LogP contribution in [0.15, 0.2) is 42.7 Å². The van der Waals surface area contributed by atoms with Crippen LogP contribution in [-0.4, -0.2) is 39.3 Å². The highest BCUT2D eigenvalue weighted by Crippen LogP contribution is 2.25. The normalized spacial score (nSPS) is 11.9. The van der Waals surface area contributed by atoms with Crippen molar-refractivity contribution in [3.8, 4) is 17.1 Å². The van der Waals surface area contributed by atoms with Crippen LogP contribution in [0.3, 0.4) is 0 Å². The van der Waals surface area contributed by atoms with Crippen LogP contribution >= 0.6 is 0 Å². The monoisotopic (exact) mass is 365 g/mol. The van der Waals surface area contributed by atoms with Crippen LogP contribution in [0.4, 0.5) is 0 Å². The average Bonchev–Trinajstić information content (AvgIpc) is 3.04. The molecule has 0 aliphatic carbocycles. The number of methoxy groups -OCH3 is 1. The minimum absolute atomic E-state index is 0.0748. The van der Waals surface area contributed by atoms with E-state index in [4.69, 9.17) is 4.74 Å². The molecule has 0 saturated heterocycles. The highest BCUT2D eigenvalue weighted by Gasteiger charge is 2.13. The van der Waals surface area contributed by atoms with Crippen molar-refractivity contribution in [3.63, 3.8) is 0 Å². The van der Waals surface area contributed by atoms with Crippen molar-refractivity contribution in [1.29, 1.82) is 0 Å². The highest BCUT2D eigenvalue weighted by atomic mass is 16.5. The number of aryl methyl sites for hydroxylation is 2. The van der Waals surface area contributed by atoms with E-state index >= 15 is 0 Å². The van der Waals surface area contributed by atoms with Gasteiger partial charge in [-0.15, -0.1) is 0 Å². The number of carbonyl (C=O) groups is 1. The Kier molecular flexibility index (Phi) is 5.49. The van der Waals surface area contributed by atoms with E-state index in [9.17, 15) is 4.79 Å². The summed E-state index contributed by atoms with van der Waals surface area (Å²) in [6.07, 6.45) is 3.19. The topological polar surface area (TPSA) is 81.9 Å². The maximum absolute atomic E-state index is 12.4. The van der Waals surface area contributed by atoms with Crippen molar-refractivity contribution in [2.75, 3.05) is 13.7 Å². The van der Waals surface area contributed by atoms with Crippen molar-refractivity contribution in [2.24, 2.45) is 0 Å². The van der Waals surface area contributed by atoms with Gasteiger partial charge in [-0.1, -0.05) is 12.1 Å². The Morgan fingerprint density at radius 3 is 2.52 bits per heavy atom. The predicted octanol–water partition coefficient (Wildman–Crippen LogP) is 2.96. The van der Waals surface area contributed by atoms with E-state index in [1.54, 1.807) is 31.6 Å². The maximum atomic E-state index is 12.4. The van der Waals surface area contributed by atoms with Gasteiger partial charge in [0.15, 0.2) is 0 Å². The van der Waals surface area contributed by atoms with E-state index < -0.39 is 0 Å². The lowest BCUT2D eigenvalue weighted by Gasteiger charge is -2.15. The molecule has 27 heavy (non-hydrogen) atoms. The SMILES string of the molecule is COc1nccnc1-c1ccc(C(=O)NCC(C)n2nc(C)cc2C)cc1. The van der Waals surface area contributed by atoms with Crippen molar-refractivity contribution in [3.05, 3.63) is 59.7 Å². The minimum Gasteiger partial charge on any atom is -0.479 e. The molecule has 1 unspecified atom stereocenters. The molecule has 1 N–H and O–H groups in total. The van der Waals surface area contributed by atoms with Crippen LogP contribution in [0.2, 0.25) is 0 Å². The van der Waals surface area contributed by atoms with Gasteiger partial charge in [0.1, 0.15) is 5.69 Å². The summed E-state index contributed by atoms with van der Waals surface area (Å²) in [7, 11) is 1.55. The molecule has 140 valence electrons. The number of carbonyl (C=O) groups excluding carboxylic acids is 1. The Labute approximate surface area is 158 Å². The van der Waals surface area contributed by atoms with Crippen LogP contribution < -0.4 is 10.1 Å². The summed E-state index contributed by atoms with van der Waals surface area (Å²) in [6, 6.07) is 9.32. The van der Waals surface area contributed by atoms with Gasteiger partial charge in [-0.05, 0) is 39.0 Å². The Morgan fingerprint density at radius 2 is 1.89 bits per heavy atom. The number of nitrogens with one attached hydrogen (secondary N) is 1. The molecule has 2 heterocycles. The lowest BCUT2D eigenvalue weighted by atomic mass is 10.1. The molecule has 7 nitrogen and oxygen atoms in total. The number of ether oxygens (including phenoxy) is 1. The summed E-state index contributed by atoms with van der Waals surface area (Å²) in [4.78, 5) is 20.9. The molecule has 0 spiro atoms. The van der Waals surface area contributed by atoms with Gasteiger partial charge in [-0.25, -0.2) is 9.97 Å². The van der Waals surface area contributed by atoms with Crippen LogP contribution in [-0.2, 0) is 0 Å². The molecule has 7 heteroatoms. The summed E-state index contributed by atoms with van der Waals surface area (Å²) < 4.78 is 7.16. The molecule has 1 aromatic carbocycles. The molecule has 0 aliphatic rings. The molecular weight excluding hydrogens is 342 g/mol. The number of aromatic nitrogens is 4. The Balaban J connectivity index is 1.66. The largest absolute Gasteiger partial charge is 0.479 e. The van der Waals surface area contributed by atoms with Gasteiger partial charge in [0.05, 0.1) is 18.8 Å². The molecule has 1 amide bonds. The summed E-state index contributed by atoms with van der Waals surface area (Å²) >= 11 is 0. The highest BCUT2D eigenvalue weighted by molar-refractivity contribution is 5.94. The molecule has 2 aromatic heterocycles. The van der Waals surface area contributed by atoms with Gasteiger partial charge in [0, 0.05) is 35.8 Å². The molecular formula is C20H23N5O2. The van der Waals surface area contributed by atoms with E-state index in [1.165, 1.54) is 0 Å². The lowest BCUT2D eigenvalue weighted by Crippen LogP contribution is -2.30. The van der Waals surface area contributed by atoms with Gasteiger partial charge >= 0.3 is 0 Å². The summed E-state index contributed by atoms with van der Waals surface area (Å²) in [5, 5.41) is 7.43. The molecule has 3 rings (SSSR count). The fourth-order valence-corrected chi connectivity index (χ4v) is 2.97. The Bertz CT molecular complexity index is 934. The van der Waals surface area contributed by atoms with E-state index in [0.29, 0.717) is 23.7 Å². The van der Waals surface area contributed by atoms with Crippen LogP contribution in [0.1, 0.15) is 34.7 Å². The predicted molar refractivity (Wildman–Crippen MR) is 103 cm³/mol. The fourth-order valence-electron chi connectivity index (χ4n) is 2.97. The first kappa shape index (κ1) is 18.6. The molecule has 1 atom stereocenters. The van der Waals surface area contributed by atoms with Gasteiger partial charge in [-0.3, -0.25) is 9.48 Å². The molecule has 3 aromatic rings. The third kappa shape index (κ3) is 4.13. The summed E-state index contributed by atoms with van der Waals surface area (Å²) in [5.41, 5.74) is 4.12. The third-order valence-corrected chi connectivity index (χ3v) is 4.30. The van der Waals surface area contributed by atoms with Crippen molar-refractivity contribution in [1.82, 2.24) is 25.1 Å². The molecule has 0 aliphatic heterocycles. The Hall–Kier alpha value is -3.22. The summed E-state index contributed by atoms with van der Waals surface area (Å²) in [6.45, 7) is 6.50. The first-order chi connectivity index (χ1) is 13.0. The Morgan fingerprint density at radius 1 is 1.19 bits per heavy atom. The van der Waals surface area contributed by atoms with Gasteiger partial charge in [0.2, 0.25) is 5.88 Å². The maximum Gasteiger partial charge on any atom is 0.251 e. The smallest absolute Gasteiger partial charge is 0.251 e. The van der Waals surface area contributed by atoms with Gasteiger partial charge in [-0.2, -0.15) is 5.10 Å². The number of rotatable bonds is 6. The number of benzene rings is 1. The second-order valence-corrected chi connectivity index (χ2v) is 6.42. The molecule has 0 bridgehead atoms. The van der Waals surface area contributed by atoms with Crippen molar-refractivity contribution < 1.29 is 9.53 Å². The minimum atomic E-state index is -0.124. The number of nitrogens with zero attached hydrogens (tertiary/aromatic N) is 4. The quantitative estimate of drug-likeness (QED) is 0.726. The lowest BCUT2D eigenvalue weighted by molar-refractivity contribution is 0.0947. The molecule has 0 saturated carbocycles. The molecule has 0 radical (unpaired) electrons. The zero-order valence-electron chi connectivity index (χ0n) is 15.9. The van der Waals surface area contributed by atoms with Crippen LogP contribution in [0, 0.1) is 13.8 Å². The second-order valence-electron chi connectivity index (χ2n) is 6.42. The zero-order valence-corrected chi connectivity index (χ0v) is 15.9. The van der Waals surface area contributed by atoms with E-state index in [1.807, 2.05) is 43.7 Å².